The first-order valence-electron chi connectivity index (χ1n) is 12.2. The fraction of sp³-hybridized carbons (Fsp3) is 0.393. The van der Waals surface area contributed by atoms with E-state index in [1.807, 2.05) is 35.2 Å². The molecular weight excluding hydrogens is 426 g/mol. The number of hydrogen-bond acceptors (Lipinski definition) is 4. The van der Waals surface area contributed by atoms with Gasteiger partial charge in [-0.25, -0.2) is 9.48 Å². The van der Waals surface area contributed by atoms with Crippen LogP contribution < -0.4 is 0 Å². The smallest absolute Gasteiger partial charge is 0.358 e. The molecule has 1 aliphatic heterocycles. The largest absolute Gasteiger partial charge is 0.461 e. The zero-order chi connectivity index (χ0) is 24.2. The quantitative estimate of drug-likeness (QED) is 0.441. The van der Waals surface area contributed by atoms with E-state index in [4.69, 9.17) is 4.74 Å². The first-order chi connectivity index (χ1) is 16.4. The lowest BCUT2D eigenvalue weighted by Gasteiger charge is -2.35. The molecule has 0 radical (unpaired) electrons. The second-order valence-corrected chi connectivity index (χ2v) is 8.95. The Hall–Kier alpha value is -3.41. The van der Waals surface area contributed by atoms with E-state index in [2.05, 4.69) is 38.0 Å². The average molecular weight is 460 g/mol. The summed E-state index contributed by atoms with van der Waals surface area (Å²) in [4.78, 5) is 27.6. The van der Waals surface area contributed by atoms with E-state index in [0.717, 1.165) is 48.3 Å². The van der Waals surface area contributed by atoms with Crippen molar-refractivity contribution in [3.63, 3.8) is 0 Å². The normalized spacial score (nSPS) is 15.9. The molecule has 0 N–H and O–H groups in total. The van der Waals surface area contributed by atoms with Gasteiger partial charge < -0.3 is 9.64 Å². The van der Waals surface area contributed by atoms with Crippen LogP contribution in [0, 0.1) is 13.8 Å². The van der Waals surface area contributed by atoms with E-state index in [1.165, 1.54) is 12.0 Å². The van der Waals surface area contributed by atoms with E-state index in [1.54, 1.807) is 17.7 Å². The summed E-state index contributed by atoms with van der Waals surface area (Å²) in [5.74, 6) is -0.367. The van der Waals surface area contributed by atoms with Gasteiger partial charge in [-0.05, 0) is 94.0 Å². The van der Waals surface area contributed by atoms with Crippen molar-refractivity contribution in [2.45, 2.75) is 59.4 Å². The molecule has 1 fully saturated rings. The summed E-state index contributed by atoms with van der Waals surface area (Å²) in [5, 5.41) is 4.56. The Bertz CT molecular complexity index is 1180. The van der Waals surface area contributed by atoms with Crippen LogP contribution >= 0.6 is 0 Å². The topological polar surface area (TPSA) is 64.4 Å². The molecular formula is C28H33N3O3. The minimum Gasteiger partial charge on any atom is -0.461 e. The fourth-order valence-corrected chi connectivity index (χ4v) is 4.59. The zero-order valence-electron chi connectivity index (χ0n) is 20.5. The van der Waals surface area contributed by atoms with Gasteiger partial charge in [0.2, 0.25) is 0 Å². The van der Waals surface area contributed by atoms with E-state index >= 15 is 0 Å². The number of ether oxygens (including phenoxy) is 1. The first kappa shape index (κ1) is 23.7. The molecule has 1 saturated heterocycles. The Balaban J connectivity index is 1.69. The molecule has 178 valence electrons. The van der Waals surface area contributed by atoms with Crippen LogP contribution in [0.15, 0.2) is 48.5 Å². The van der Waals surface area contributed by atoms with E-state index in [0.29, 0.717) is 11.6 Å². The Morgan fingerprint density at radius 3 is 2.44 bits per heavy atom. The molecule has 6 nitrogen and oxygen atoms in total. The van der Waals surface area contributed by atoms with Gasteiger partial charge in [0.1, 0.15) is 0 Å². The number of rotatable bonds is 6. The molecule has 2 heterocycles. The van der Waals surface area contributed by atoms with Crippen molar-refractivity contribution >= 4 is 11.9 Å². The van der Waals surface area contributed by atoms with Gasteiger partial charge in [-0.1, -0.05) is 19.1 Å². The molecule has 0 bridgehead atoms. The molecule has 6 heteroatoms. The minimum atomic E-state index is -0.450. The number of piperidine rings is 1. The van der Waals surface area contributed by atoms with Crippen LogP contribution in [0.5, 0.6) is 0 Å². The second kappa shape index (κ2) is 10.2. The monoisotopic (exact) mass is 459 g/mol. The lowest BCUT2D eigenvalue weighted by Crippen LogP contribution is -2.43. The number of aromatic nitrogens is 2. The second-order valence-electron chi connectivity index (χ2n) is 8.95. The fourth-order valence-electron chi connectivity index (χ4n) is 4.59. The standard InChI is InChI=1S/C28H33N3O3/c1-5-23-9-7-8-16-30(23)27(32)21-12-14-24(15-13-21)31-26(18-25(29-31)28(33)34-6-2)22-11-10-19(3)20(4)17-22/h10-15,17-18,23H,5-9,16H2,1-4H3. The molecule has 0 aliphatic carbocycles. The van der Waals surface area contributed by atoms with Gasteiger partial charge in [0.15, 0.2) is 5.69 Å². The average Bonchev–Trinajstić information content (AvgIpc) is 3.31. The van der Waals surface area contributed by atoms with Crippen molar-refractivity contribution < 1.29 is 14.3 Å². The van der Waals surface area contributed by atoms with Crippen LogP contribution in [-0.4, -0.2) is 45.8 Å². The third-order valence-corrected chi connectivity index (χ3v) is 6.71. The van der Waals surface area contributed by atoms with Gasteiger partial charge in [0.05, 0.1) is 18.0 Å². The molecule has 4 rings (SSSR count). The molecule has 0 saturated carbocycles. The van der Waals surface area contributed by atoms with Crippen molar-refractivity contribution in [2.75, 3.05) is 13.2 Å². The Labute approximate surface area is 201 Å². The van der Waals surface area contributed by atoms with Crippen molar-refractivity contribution in [3.05, 3.63) is 70.9 Å². The maximum Gasteiger partial charge on any atom is 0.358 e. The number of benzene rings is 2. The number of nitrogens with zero attached hydrogens (tertiary/aromatic N) is 3. The lowest BCUT2D eigenvalue weighted by atomic mass is 9.99. The number of carbonyl (C=O) groups excluding carboxylic acids is 2. The van der Waals surface area contributed by atoms with Crippen molar-refractivity contribution in [3.8, 4) is 16.9 Å². The maximum atomic E-state index is 13.2. The van der Waals surface area contributed by atoms with Gasteiger partial charge in [0, 0.05) is 23.7 Å². The first-order valence-corrected chi connectivity index (χ1v) is 12.2. The van der Waals surface area contributed by atoms with Crippen LogP contribution in [0.1, 0.15) is 71.5 Å². The van der Waals surface area contributed by atoms with Gasteiger partial charge in [-0.2, -0.15) is 5.10 Å². The highest BCUT2D eigenvalue weighted by Gasteiger charge is 2.26. The van der Waals surface area contributed by atoms with Crippen LogP contribution in [0.2, 0.25) is 0 Å². The number of esters is 1. The predicted molar refractivity (Wildman–Crippen MR) is 133 cm³/mol. The molecule has 1 aliphatic rings. The van der Waals surface area contributed by atoms with Crippen LogP contribution in [0.3, 0.4) is 0 Å². The van der Waals surface area contributed by atoms with E-state index < -0.39 is 5.97 Å². The van der Waals surface area contributed by atoms with Gasteiger partial charge in [0.25, 0.3) is 5.91 Å². The highest BCUT2D eigenvalue weighted by Crippen LogP contribution is 2.27. The number of amides is 1. The Morgan fingerprint density at radius 2 is 1.76 bits per heavy atom. The minimum absolute atomic E-state index is 0.0835. The van der Waals surface area contributed by atoms with Gasteiger partial charge in [-0.3, -0.25) is 4.79 Å². The zero-order valence-corrected chi connectivity index (χ0v) is 20.5. The summed E-state index contributed by atoms with van der Waals surface area (Å²) in [6, 6.07) is 15.8. The van der Waals surface area contributed by atoms with Crippen molar-refractivity contribution in [1.82, 2.24) is 14.7 Å². The van der Waals surface area contributed by atoms with Crippen molar-refractivity contribution in [1.29, 1.82) is 0 Å². The summed E-state index contributed by atoms with van der Waals surface area (Å²) >= 11 is 0. The van der Waals surface area contributed by atoms with Gasteiger partial charge >= 0.3 is 5.97 Å². The maximum absolute atomic E-state index is 13.2. The summed E-state index contributed by atoms with van der Waals surface area (Å²) in [6.45, 7) is 9.17. The molecule has 34 heavy (non-hydrogen) atoms. The van der Waals surface area contributed by atoms with Crippen LogP contribution in [0.4, 0.5) is 0 Å². The number of hydrogen-bond donors (Lipinski definition) is 0. The molecule has 0 spiro atoms. The predicted octanol–water partition coefficient (Wildman–Crippen LogP) is 5.74. The summed E-state index contributed by atoms with van der Waals surface area (Å²) in [7, 11) is 0. The number of carbonyl (C=O) groups is 2. The summed E-state index contributed by atoms with van der Waals surface area (Å²) < 4.78 is 6.93. The van der Waals surface area contributed by atoms with Crippen LogP contribution in [-0.2, 0) is 4.74 Å². The third-order valence-electron chi connectivity index (χ3n) is 6.71. The molecule has 1 atom stereocenters. The molecule has 1 aromatic heterocycles. The van der Waals surface area contributed by atoms with E-state index in [9.17, 15) is 9.59 Å². The SMILES string of the molecule is CCOC(=O)c1cc(-c2ccc(C)c(C)c2)n(-c2ccc(C(=O)N3CCCCC3CC)cc2)n1. The van der Waals surface area contributed by atoms with Gasteiger partial charge in [-0.15, -0.1) is 0 Å². The molecule has 1 amide bonds. The van der Waals surface area contributed by atoms with Crippen molar-refractivity contribution in [2.24, 2.45) is 0 Å². The highest BCUT2D eigenvalue weighted by atomic mass is 16.5. The number of likely N-dealkylation sites (tertiary alicyclic amines) is 1. The van der Waals surface area contributed by atoms with Crippen LogP contribution in [0.25, 0.3) is 16.9 Å². The molecule has 1 unspecified atom stereocenters. The third kappa shape index (κ3) is 4.76. The lowest BCUT2D eigenvalue weighted by molar-refractivity contribution is 0.0518. The summed E-state index contributed by atoms with van der Waals surface area (Å²) in [5.41, 5.74) is 5.84. The summed E-state index contributed by atoms with van der Waals surface area (Å²) in [6.07, 6.45) is 4.30. The highest BCUT2D eigenvalue weighted by molar-refractivity contribution is 5.94. The molecule has 2 aromatic carbocycles. The number of aryl methyl sites for hydroxylation is 2. The Kier molecular flexibility index (Phi) is 7.15. The Morgan fingerprint density at radius 1 is 1.00 bits per heavy atom. The van der Waals surface area contributed by atoms with E-state index in [-0.39, 0.29) is 18.2 Å². The molecule has 3 aromatic rings.